The summed E-state index contributed by atoms with van der Waals surface area (Å²) in [5.41, 5.74) is 0. The number of rotatable bonds is 43. The monoisotopic (exact) mass is 816 g/mol. The van der Waals surface area contributed by atoms with Gasteiger partial charge in [-0.05, 0) is 51.4 Å². The lowest BCUT2D eigenvalue weighted by Gasteiger charge is -2.26. The highest BCUT2D eigenvalue weighted by Crippen LogP contribution is 2.16. The summed E-state index contributed by atoms with van der Waals surface area (Å²) in [5.74, 6) is -1.87. The van der Waals surface area contributed by atoms with Crippen molar-refractivity contribution in [3.8, 4) is 0 Å². The molecule has 0 amide bonds. The molecule has 0 bridgehead atoms. The molecule has 2 unspecified atom stereocenters. The normalized spacial score (nSPS) is 13.6. The van der Waals surface area contributed by atoms with Gasteiger partial charge in [0.15, 0.2) is 6.29 Å². The second-order valence-corrected chi connectivity index (χ2v) is 16.9. The van der Waals surface area contributed by atoms with Crippen molar-refractivity contribution < 1.29 is 38.5 Å². The highest BCUT2D eigenvalue weighted by molar-refractivity contribution is 5.69. The SMILES string of the molecule is CC/C=C\C/C=C\C/C=C\C/C=C\C/C=C\CCCCCCCCCCCCCCCCCCCCCCCC(=O)OCC(O)COC(OCC[N+](C)(C)C)C(=O)[O-]. The van der Waals surface area contributed by atoms with Crippen molar-refractivity contribution in [2.45, 2.75) is 199 Å². The van der Waals surface area contributed by atoms with Crippen LogP contribution in [0.25, 0.3) is 0 Å². The van der Waals surface area contributed by atoms with Gasteiger partial charge in [0.05, 0.1) is 40.3 Å². The predicted molar refractivity (Wildman–Crippen MR) is 241 cm³/mol. The number of carbonyl (C=O) groups is 2. The Bertz CT molecular complexity index is 1070. The number of hydrogen-bond donors (Lipinski definition) is 1. The molecule has 58 heavy (non-hydrogen) atoms. The summed E-state index contributed by atoms with van der Waals surface area (Å²) in [4.78, 5) is 23.2. The minimum absolute atomic E-state index is 0.170. The molecule has 0 heterocycles. The van der Waals surface area contributed by atoms with Crippen LogP contribution in [-0.4, -0.2) is 81.4 Å². The second kappa shape index (κ2) is 42.6. The third-order valence-electron chi connectivity index (χ3n) is 10.0. The molecule has 0 radical (unpaired) electrons. The molecule has 0 saturated heterocycles. The Hall–Kier alpha value is -2.52. The molecule has 0 aromatic heterocycles. The van der Waals surface area contributed by atoms with E-state index in [2.05, 4.69) is 67.7 Å². The summed E-state index contributed by atoms with van der Waals surface area (Å²) in [7, 11) is 5.88. The predicted octanol–water partition coefficient (Wildman–Crippen LogP) is 11.4. The minimum Gasteiger partial charge on any atom is -0.545 e. The van der Waals surface area contributed by atoms with Gasteiger partial charge < -0.3 is 33.7 Å². The van der Waals surface area contributed by atoms with Crippen LogP contribution in [0.4, 0.5) is 0 Å². The standard InChI is InChI=1S/C50H89NO7/c1-5-6-7-8-9-10-11-12-13-14-15-16-17-18-19-20-21-22-23-24-25-26-27-28-29-30-31-32-33-34-35-36-37-38-39-40-41-42-48(53)57-45-47(52)46-58-50(49(54)55)56-44-43-51(2,3)4/h6-7,9-10,12-13,15-16,18-19,47,50,52H,5,8,11,14,17,20-46H2,1-4H3/b7-6-,10-9-,13-12-,16-15-,19-18-. The molecule has 0 aromatic rings. The molecule has 0 aliphatic carbocycles. The molecular weight excluding hydrogens is 727 g/mol. The number of carboxylic acids is 1. The van der Waals surface area contributed by atoms with E-state index in [1.807, 2.05) is 21.1 Å². The first kappa shape index (κ1) is 55.5. The smallest absolute Gasteiger partial charge is 0.305 e. The first-order chi connectivity index (χ1) is 28.2. The highest BCUT2D eigenvalue weighted by Gasteiger charge is 2.17. The van der Waals surface area contributed by atoms with Crippen molar-refractivity contribution in [1.82, 2.24) is 0 Å². The zero-order chi connectivity index (χ0) is 42.6. The van der Waals surface area contributed by atoms with E-state index in [9.17, 15) is 19.8 Å². The quantitative estimate of drug-likeness (QED) is 0.0215. The van der Waals surface area contributed by atoms with E-state index in [1.54, 1.807) is 0 Å². The molecule has 0 aliphatic rings. The molecule has 0 aliphatic heterocycles. The molecule has 8 heteroatoms. The van der Waals surface area contributed by atoms with Gasteiger partial charge in [-0.15, -0.1) is 0 Å². The van der Waals surface area contributed by atoms with Crippen molar-refractivity contribution in [2.75, 3.05) is 47.5 Å². The molecule has 0 fully saturated rings. The van der Waals surface area contributed by atoms with Crippen LogP contribution >= 0.6 is 0 Å². The number of ether oxygens (including phenoxy) is 3. The number of likely N-dealkylation sites (N-methyl/N-ethyl adjacent to an activating group) is 1. The molecule has 0 saturated carbocycles. The van der Waals surface area contributed by atoms with Gasteiger partial charge >= 0.3 is 5.97 Å². The fraction of sp³-hybridized carbons (Fsp3) is 0.760. The zero-order valence-corrected chi connectivity index (χ0v) is 37.9. The largest absolute Gasteiger partial charge is 0.545 e. The Labute approximate surface area is 356 Å². The summed E-state index contributed by atoms with van der Waals surface area (Å²) < 4.78 is 16.0. The van der Waals surface area contributed by atoms with E-state index in [0.29, 0.717) is 17.4 Å². The Morgan fingerprint density at radius 1 is 0.534 bits per heavy atom. The van der Waals surface area contributed by atoms with Crippen molar-refractivity contribution >= 4 is 11.9 Å². The number of aliphatic hydroxyl groups is 1. The van der Waals surface area contributed by atoms with Gasteiger partial charge in [-0.3, -0.25) is 4.79 Å². The summed E-state index contributed by atoms with van der Waals surface area (Å²) in [5, 5.41) is 21.2. The van der Waals surface area contributed by atoms with Gasteiger partial charge in [0.25, 0.3) is 0 Å². The van der Waals surface area contributed by atoms with Gasteiger partial charge in [0.1, 0.15) is 19.3 Å². The van der Waals surface area contributed by atoms with Crippen molar-refractivity contribution in [3.05, 3.63) is 60.8 Å². The van der Waals surface area contributed by atoms with Crippen LogP contribution in [0.2, 0.25) is 0 Å². The van der Waals surface area contributed by atoms with Crippen LogP contribution in [0.3, 0.4) is 0 Å². The van der Waals surface area contributed by atoms with E-state index in [4.69, 9.17) is 14.2 Å². The van der Waals surface area contributed by atoms with Crippen LogP contribution in [0, 0.1) is 0 Å². The summed E-state index contributed by atoms with van der Waals surface area (Å²) in [6.07, 6.45) is 54.2. The van der Waals surface area contributed by atoms with Crippen LogP contribution in [0.5, 0.6) is 0 Å². The summed E-state index contributed by atoms with van der Waals surface area (Å²) in [6, 6.07) is 0. The lowest BCUT2D eigenvalue weighted by molar-refractivity contribution is -0.870. The maximum absolute atomic E-state index is 12.0. The average molecular weight is 816 g/mol. The van der Waals surface area contributed by atoms with Crippen LogP contribution in [0.1, 0.15) is 187 Å². The molecule has 336 valence electrons. The molecule has 2 atom stereocenters. The number of hydrogen-bond acceptors (Lipinski definition) is 7. The van der Waals surface area contributed by atoms with E-state index in [0.717, 1.165) is 51.4 Å². The number of aliphatic carboxylic acids is 1. The van der Waals surface area contributed by atoms with Gasteiger partial charge in [0.2, 0.25) is 0 Å². The number of carbonyl (C=O) groups excluding carboxylic acids is 2. The van der Waals surface area contributed by atoms with Crippen molar-refractivity contribution in [2.24, 2.45) is 0 Å². The average Bonchev–Trinajstić information content (AvgIpc) is 3.19. The number of esters is 1. The molecule has 1 N–H and O–H groups in total. The number of nitrogens with zero attached hydrogens (tertiary/aromatic N) is 1. The van der Waals surface area contributed by atoms with Crippen LogP contribution < -0.4 is 5.11 Å². The van der Waals surface area contributed by atoms with Gasteiger partial charge in [-0.2, -0.15) is 0 Å². The Morgan fingerprint density at radius 3 is 1.31 bits per heavy atom. The van der Waals surface area contributed by atoms with Crippen LogP contribution in [-0.2, 0) is 23.8 Å². The first-order valence-electron chi connectivity index (χ1n) is 23.5. The molecule has 0 rings (SSSR count). The topological polar surface area (TPSA) is 105 Å². The van der Waals surface area contributed by atoms with E-state index in [1.165, 1.54) is 122 Å². The molecule has 0 spiro atoms. The maximum Gasteiger partial charge on any atom is 0.305 e. The third kappa shape index (κ3) is 44.6. The first-order valence-corrected chi connectivity index (χ1v) is 23.5. The fourth-order valence-corrected chi connectivity index (χ4v) is 6.38. The number of quaternary nitrogens is 1. The van der Waals surface area contributed by atoms with E-state index >= 15 is 0 Å². The molecule has 0 aromatic carbocycles. The van der Waals surface area contributed by atoms with Gasteiger partial charge in [-0.25, -0.2) is 0 Å². The fourth-order valence-electron chi connectivity index (χ4n) is 6.38. The Kier molecular flexibility index (Phi) is 40.7. The van der Waals surface area contributed by atoms with Gasteiger partial charge in [-0.1, -0.05) is 190 Å². The van der Waals surface area contributed by atoms with Crippen molar-refractivity contribution in [1.29, 1.82) is 0 Å². The number of allylic oxidation sites excluding steroid dienone is 10. The highest BCUT2D eigenvalue weighted by atomic mass is 16.7. The molecular formula is C50H89NO7. The molecule has 8 nitrogen and oxygen atoms in total. The Balaban J connectivity index is 3.40. The van der Waals surface area contributed by atoms with E-state index < -0.39 is 18.4 Å². The Morgan fingerprint density at radius 2 is 0.914 bits per heavy atom. The lowest BCUT2D eigenvalue weighted by Crippen LogP contribution is -2.44. The lowest BCUT2D eigenvalue weighted by atomic mass is 10.0. The van der Waals surface area contributed by atoms with Crippen molar-refractivity contribution in [3.63, 3.8) is 0 Å². The van der Waals surface area contributed by atoms with Gasteiger partial charge in [0, 0.05) is 6.42 Å². The minimum atomic E-state index is -1.57. The van der Waals surface area contributed by atoms with Crippen LogP contribution in [0.15, 0.2) is 60.8 Å². The second-order valence-electron chi connectivity index (χ2n) is 16.9. The number of carboxylic acid groups (broad SMARTS) is 1. The third-order valence-corrected chi connectivity index (χ3v) is 10.0. The number of aliphatic hydroxyl groups excluding tert-OH is 1. The van der Waals surface area contributed by atoms with E-state index in [-0.39, 0.29) is 25.8 Å². The summed E-state index contributed by atoms with van der Waals surface area (Å²) in [6.45, 7) is 2.35. The zero-order valence-electron chi connectivity index (χ0n) is 37.9. The summed E-state index contributed by atoms with van der Waals surface area (Å²) >= 11 is 0. The maximum atomic E-state index is 12.0. The number of unbranched alkanes of at least 4 members (excludes halogenated alkanes) is 21.